The monoisotopic (exact) mass is 948 g/mol. The first-order valence-corrected chi connectivity index (χ1v) is 23.0. The number of fused-ring (bicyclic) bond motifs is 16. The largest absolute Gasteiger partial charge is 0.456 e. The molecule has 338 valence electrons. The maximum atomic E-state index is 9.61. The van der Waals surface area contributed by atoms with Crippen molar-refractivity contribution in [1.82, 2.24) is 33.2 Å². The van der Waals surface area contributed by atoms with Gasteiger partial charge < -0.3 is 13.6 Å². The van der Waals surface area contributed by atoms with Crippen LogP contribution in [0.1, 0.15) is 21.9 Å². The number of nitrogens with zero attached hydrogens (tertiary/aromatic N) is 8. The van der Waals surface area contributed by atoms with E-state index in [0.717, 1.165) is 36.1 Å². The highest BCUT2D eigenvalue weighted by Crippen LogP contribution is 2.46. The third kappa shape index (κ3) is 5.46. The number of rotatable bonds is 5. The summed E-state index contributed by atoms with van der Waals surface area (Å²) in [7, 11) is 0. The lowest BCUT2D eigenvalue weighted by Gasteiger charge is -2.20. The molecule has 0 N–H and O–H groups in total. The molecule has 16 rings (SSSR count). The summed E-state index contributed by atoms with van der Waals surface area (Å²) in [6.45, 7) is 8.04. The second kappa shape index (κ2) is 14.9. The maximum absolute atomic E-state index is 9.61. The van der Waals surface area contributed by atoms with E-state index in [1.807, 2.05) is 118 Å². The van der Waals surface area contributed by atoms with E-state index in [1.54, 1.807) is 12.1 Å². The van der Waals surface area contributed by atoms with Gasteiger partial charge in [-0.3, -0.25) is 9.13 Å². The lowest BCUT2D eigenvalue weighted by atomic mass is 10.1. The molecule has 0 spiro atoms. The van der Waals surface area contributed by atoms with E-state index in [0.29, 0.717) is 55.7 Å². The quantitative estimate of drug-likeness (QED) is 0.161. The summed E-state index contributed by atoms with van der Waals surface area (Å²) in [6, 6.07) is 26.5. The van der Waals surface area contributed by atoms with Crippen LogP contribution in [0.2, 0.25) is 0 Å². The molecule has 10 aromatic carbocycles. The Morgan fingerprint density at radius 2 is 0.904 bits per heavy atom. The Bertz CT molecular complexity index is 5720. The molecule has 16 aromatic rings. The molecule has 9 heteroatoms. The van der Waals surface area contributed by atoms with Crippen LogP contribution in [0.4, 0.5) is 5.69 Å². The fourth-order valence-electron chi connectivity index (χ4n) is 10.8. The molecular weight excluding hydrogens is 897 g/mol. The van der Waals surface area contributed by atoms with E-state index in [1.165, 1.54) is 0 Å². The first-order chi connectivity index (χ1) is 42.8. The molecule has 0 fully saturated rings. The molecular formula is C64H36N8O. The number of benzene rings is 10. The van der Waals surface area contributed by atoms with Gasteiger partial charge >= 0.3 is 0 Å². The van der Waals surface area contributed by atoms with E-state index in [2.05, 4.69) is 4.85 Å². The third-order valence-corrected chi connectivity index (χ3v) is 13.8. The zero-order chi connectivity index (χ0) is 61.8. The van der Waals surface area contributed by atoms with Crippen LogP contribution in [0.15, 0.2) is 222 Å². The summed E-state index contributed by atoms with van der Waals surface area (Å²) in [5.41, 5.74) is 3.68. The summed E-state index contributed by atoms with van der Waals surface area (Å²) in [5, 5.41) is 3.39. The summed E-state index contributed by atoms with van der Waals surface area (Å²) in [6.07, 6.45) is 0. The van der Waals surface area contributed by atoms with Gasteiger partial charge in [0.25, 0.3) is 0 Å². The fraction of sp³-hybridized carbons (Fsp3) is 0. The van der Waals surface area contributed by atoms with Crippen molar-refractivity contribution < 1.29 is 26.3 Å². The molecule has 6 aromatic heterocycles. The Balaban J connectivity index is 1.18. The van der Waals surface area contributed by atoms with E-state index >= 15 is 0 Å². The van der Waals surface area contributed by atoms with Crippen LogP contribution in [-0.4, -0.2) is 33.2 Å². The molecule has 0 aliphatic rings. The summed E-state index contributed by atoms with van der Waals surface area (Å²) < 4.78 is 160. The molecule has 0 saturated heterocycles. The van der Waals surface area contributed by atoms with Crippen molar-refractivity contribution in [2.75, 3.05) is 0 Å². The van der Waals surface area contributed by atoms with Crippen molar-refractivity contribution in [1.29, 1.82) is 0 Å². The number of aromatic nitrogens is 7. The normalized spacial score (nSPS) is 15.2. The number of hydrogen-bond donors (Lipinski definition) is 0. The van der Waals surface area contributed by atoms with E-state index in [-0.39, 0.29) is 55.0 Å². The van der Waals surface area contributed by atoms with Gasteiger partial charge in [-0.15, -0.1) is 0 Å². The third-order valence-electron chi connectivity index (χ3n) is 13.8. The lowest BCUT2D eigenvalue weighted by Crippen LogP contribution is -2.12. The zero-order valence-electron chi connectivity index (χ0n) is 53.5. The minimum atomic E-state index is -0.740. The smallest absolute Gasteiger partial charge is 0.240 e. The SMILES string of the molecule is [2H]c1c([2H])c([2H])c2c(c1[2H])c1c([2H])c([2H])c([2H])c([2H])c1n2-c1nc(-c2c(-n3c4ccccc4c4cc([N+]#[C-])ccc43)cccc2-n2c3ccccc3c3ccc4oc5ccccc5c4c32)nc(-n2c3c([2H])c([2H])c([2H])c([2H])c3c3c([2H])c([2H])c([2H])c([2H])c32)n1. The van der Waals surface area contributed by atoms with Gasteiger partial charge in [0.2, 0.25) is 11.9 Å². The molecule has 73 heavy (non-hydrogen) atoms. The highest BCUT2D eigenvalue weighted by molar-refractivity contribution is 6.25. The Kier molecular flexibility index (Phi) is 5.53. The molecule has 0 saturated carbocycles. The van der Waals surface area contributed by atoms with E-state index < -0.39 is 109 Å². The predicted octanol–water partition coefficient (Wildman–Crippen LogP) is 16.4. The van der Waals surface area contributed by atoms with Gasteiger partial charge in [0.05, 0.1) is 95.0 Å². The van der Waals surface area contributed by atoms with Crippen molar-refractivity contribution in [3.05, 3.63) is 229 Å². The van der Waals surface area contributed by atoms with Crippen molar-refractivity contribution in [2.24, 2.45) is 0 Å². The second-order valence-corrected chi connectivity index (χ2v) is 17.4. The molecule has 0 aliphatic heterocycles. The molecule has 0 unspecified atom stereocenters. The van der Waals surface area contributed by atoms with E-state index in [9.17, 15) is 11.0 Å². The van der Waals surface area contributed by atoms with Crippen molar-refractivity contribution in [3.63, 3.8) is 0 Å². The molecule has 6 heterocycles. The van der Waals surface area contributed by atoms with Crippen LogP contribution in [0.5, 0.6) is 0 Å². The van der Waals surface area contributed by atoms with Gasteiger partial charge in [-0.1, -0.05) is 139 Å². The molecule has 0 bridgehead atoms. The average molecular weight is 949 g/mol. The van der Waals surface area contributed by atoms with Crippen LogP contribution in [-0.2, 0) is 0 Å². The zero-order valence-corrected chi connectivity index (χ0v) is 37.5. The molecule has 9 nitrogen and oxygen atoms in total. The van der Waals surface area contributed by atoms with Crippen LogP contribution >= 0.6 is 0 Å². The summed E-state index contributed by atoms with van der Waals surface area (Å²) in [4.78, 5) is 19.5. The first kappa shape index (κ1) is 27.2. The maximum Gasteiger partial charge on any atom is 0.240 e. The van der Waals surface area contributed by atoms with Crippen LogP contribution < -0.4 is 0 Å². The average Bonchev–Trinajstić information content (AvgIpc) is 1.59. The van der Waals surface area contributed by atoms with Crippen molar-refractivity contribution in [3.8, 4) is 34.7 Å². The van der Waals surface area contributed by atoms with Crippen LogP contribution in [0, 0.1) is 6.57 Å². The van der Waals surface area contributed by atoms with Gasteiger partial charge in [0.15, 0.2) is 11.5 Å². The van der Waals surface area contributed by atoms with Crippen molar-refractivity contribution in [2.45, 2.75) is 0 Å². The summed E-state index contributed by atoms with van der Waals surface area (Å²) >= 11 is 0. The van der Waals surface area contributed by atoms with Crippen LogP contribution in [0.3, 0.4) is 0 Å². The Hall–Kier alpha value is -10.3. The highest BCUT2D eigenvalue weighted by Gasteiger charge is 2.28. The van der Waals surface area contributed by atoms with Crippen molar-refractivity contribution >= 4 is 115 Å². The van der Waals surface area contributed by atoms with Crippen LogP contribution in [0.25, 0.3) is 149 Å². The van der Waals surface area contributed by atoms with Gasteiger partial charge in [0, 0.05) is 43.1 Å². The molecule has 0 aliphatic carbocycles. The second-order valence-electron chi connectivity index (χ2n) is 17.4. The molecule has 0 atom stereocenters. The number of hydrogen-bond acceptors (Lipinski definition) is 4. The Morgan fingerprint density at radius 3 is 1.51 bits per heavy atom. The Morgan fingerprint density at radius 1 is 0.397 bits per heavy atom. The summed E-state index contributed by atoms with van der Waals surface area (Å²) in [5.74, 6) is -1.36. The minimum absolute atomic E-state index is 0.205. The predicted molar refractivity (Wildman–Crippen MR) is 296 cm³/mol. The standard InChI is InChI=1S/C64H36N8O/c1-65-38-33-35-54-47(37-38)44-22-7-9-24-48(44)69(54)55-30-16-31-56(70-49-25-10-6-21-43(49)45-34-36-58-59(61(45)70)46-23-8-15-32-57(46)73-58)60(55)62-66-63(71-50-26-11-2-17-39(50)40-18-3-12-27-51(40)71)68-64(67-62)72-52-28-13-4-19-41(52)42-20-5-14-29-53(42)72/h2-37H/i2D,3D,4D,5D,11D,12D,13D,14D,17D,18D,19D,20D,26D,27D,28D,29D. The topological polar surface area (TPSA) is 75.9 Å². The molecule has 0 amide bonds. The molecule has 0 radical (unpaired) electrons. The first-order valence-electron chi connectivity index (χ1n) is 31.0. The van der Waals surface area contributed by atoms with Gasteiger partial charge in [-0.25, -0.2) is 4.85 Å². The number of furan rings is 1. The Labute approximate surface area is 437 Å². The fourth-order valence-corrected chi connectivity index (χ4v) is 10.8. The minimum Gasteiger partial charge on any atom is -0.456 e. The van der Waals surface area contributed by atoms with E-state index in [4.69, 9.17) is 36.9 Å². The lowest BCUT2D eigenvalue weighted by molar-refractivity contribution is 0.669. The van der Waals surface area contributed by atoms with Gasteiger partial charge in [-0.05, 0) is 84.2 Å². The highest BCUT2D eigenvalue weighted by atomic mass is 16.3. The van der Waals surface area contributed by atoms with Gasteiger partial charge in [0.1, 0.15) is 11.2 Å². The number of para-hydroxylation sites is 7. The van der Waals surface area contributed by atoms with Gasteiger partial charge in [-0.2, -0.15) is 15.0 Å².